The van der Waals surface area contributed by atoms with Gasteiger partial charge in [-0.05, 0) is 65.2 Å². The highest BCUT2D eigenvalue weighted by Crippen LogP contribution is 2.43. The van der Waals surface area contributed by atoms with Crippen molar-refractivity contribution in [1.29, 1.82) is 0 Å². The largest absolute Gasteiger partial charge is 0.481 e. The minimum atomic E-state index is -2.89. The first kappa shape index (κ1) is 33.5. The van der Waals surface area contributed by atoms with Gasteiger partial charge in [-0.2, -0.15) is 0 Å². The molecule has 0 fully saturated rings. The topological polar surface area (TPSA) is 63.6 Å². The van der Waals surface area contributed by atoms with Crippen LogP contribution in [0.4, 0.5) is 0 Å². The van der Waals surface area contributed by atoms with Crippen LogP contribution < -0.4 is 10.4 Å². The molecule has 0 saturated carbocycles. The Morgan fingerprint density at radius 2 is 1.59 bits per heavy atom. The van der Waals surface area contributed by atoms with Crippen LogP contribution in [0.25, 0.3) is 10.1 Å². The SMILES string of the molecule is CC1=CC(=O)[C@H](CC=CCCCC(=O)O)[C@H]1C=C[C@@H](O[Si](c1ccccc1)(c1ccccc1)C(C)(C)C)c1cc2ccccc2s1. The number of unbranched alkanes of at least 4 members (excludes halogenated alkanes) is 1. The molecule has 4 nitrogen and oxygen atoms in total. The van der Waals surface area contributed by atoms with E-state index in [1.54, 1.807) is 17.4 Å². The lowest BCUT2D eigenvalue weighted by Crippen LogP contribution is -2.66. The lowest BCUT2D eigenvalue weighted by Gasteiger charge is -2.44. The van der Waals surface area contributed by atoms with E-state index in [0.29, 0.717) is 19.3 Å². The third-order valence-electron chi connectivity index (χ3n) is 8.95. The van der Waals surface area contributed by atoms with Crippen LogP contribution in [0.3, 0.4) is 0 Å². The second-order valence-electron chi connectivity index (χ2n) is 13.2. The Bertz CT molecular complexity index is 1660. The number of hydrogen-bond acceptors (Lipinski definition) is 4. The van der Waals surface area contributed by atoms with Crippen molar-refractivity contribution >= 4 is 51.9 Å². The zero-order valence-corrected chi connectivity index (χ0v) is 29.0. The molecule has 5 rings (SSSR count). The number of benzene rings is 3. The smallest absolute Gasteiger partial charge is 0.303 e. The molecule has 4 aromatic rings. The monoisotopic (exact) mass is 648 g/mol. The molecule has 0 saturated heterocycles. The molecule has 1 aliphatic rings. The van der Waals surface area contributed by atoms with Crippen molar-refractivity contribution in [3.05, 3.63) is 132 Å². The summed E-state index contributed by atoms with van der Waals surface area (Å²) < 4.78 is 8.91. The molecule has 0 bridgehead atoms. The zero-order valence-electron chi connectivity index (χ0n) is 27.2. The van der Waals surface area contributed by atoms with E-state index < -0.39 is 14.3 Å². The zero-order chi connectivity index (χ0) is 32.7. The lowest BCUT2D eigenvalue weighted by molar-refractivity contribution is -0.137. The number of fused-ring (bicyclic) bond motifs is 1. The minimum Gasteiger partial charge on any atom is -0.481 e. The second-order valence-corrected chi connectivity index (χ2v) is 18.6. The summed E-state index contributed by atoms with van der Waals surface area (Å²) in [6.07, 6.45) is 12.0. The Hall–Kier alpha value is -3.84. The lowest BCUT2D eigenvalue weighted by atomic mass is 9.87. The van der Waals surface area contributed by atoms with E-state index in [1.165, 1.54) is 20.5 Å². The molecule has 0 aliphatic heterocycles. The normalized spacial score (nSPS) is 18.1. The molecule has 1 heterocycles. The van der Waals surface area contributed by atoms with Crippen LogP contribution in [-0.2, 0) is 14.0 Å². The molecular formula is C40H44O4SSi. The molecule has 0 spiro atoms. The van der Waals surface area contributed by atoms with Gasteiger partial charge in [-0.25, -0.2) is 0 Å². The summed E-state index contributed by atoms with van der Waals surface area (Å²) in [5.74, 6) is -0.842. The Morgan fingerprint density at radius 3 is 2.20 bits per heavy atom. The van der Waals surface area contributed by atoms with E-state index in [-0.39, 0.29) is 35.2 Å². The van der Waals surface area contributed by atoms with Crippen LogP contribution in [0.5, 0.6) is 0 Å². The van der Waals surface area contributed by atoms with Crippen molar-refractivity contribution in [1.82, 2.24) is 0 Å². The predicted molar refractivity (Wildman–Crippen MR) is 193 cm³/mol. The van der Waals surface area contributed by atoms with Gasteiger partial charge in [0.15, 0.2) is 5.78 Å². The van der Waals surface area contributed by atoms with Crippen molar-refractivity contribution in [3.63, 3.8) is 0 Å². The first-order valence-corrected chi connectivity index (χ1v) is 18.9. The van der Waals surface area contributed by atoms with Crippen molar-refractivity contribution in [2.24, 2.45) is 11.8 Å². The van der Waals surface area contributed by atoms with Gasteiger partial charge in [0.1, 0.15) is 0 Å². The summed E-state index contributed by atoms with van der Waals surface area (Å²) in [7, 11) is -2.89. The van der Waals surface area contributed by atoms with Gasteiger partial charge in [-0.15, -0.1) is 11.3 Å². The van der Waals surface area contributed by atoms with Gasteiger partial charge in [0, 0.05) is 27.8 Å². The fourth-order valence-electron chi connectivity index (χ4n) is 6.64. The van der Waals surface area contributed by atoms with E-state index >= 15 is 0 Å². The third-order valence-corrected chi connectivity index (χ3v) is 15.1. The van der Waals surface area contributed by atoms with Crippen molar-refractivity contribution < 1.29 is 19.1 Å². The van der Waals surface area contributed by atoms with Gasteiger partial charge in [-0.1, -0.05) is 130 Å². The van der Waals surface area contributed by atoms with Crippen molar-refractivity contribution in [2.75, 3.05) is 0 Å². The van der Waals surface area contributed by atoms with Gasteiger partial charge < -0.3 is 9.53 Å². The molecule has 238 valence electrons. The van der Waals surface area contributed by atoms with Crippen LogP contribution in [0.15, 0.2) is 127 Å². The number of thiophene rings is 1. The third kappa shape index (κ3) is 7.41. The summed E-state index contributed by atoms with van der Waals surface area (Å²) in [6.45, 7) is 8.94. The summed E-state index contributed by atoms with van der Waals surface area (Å²) in [5.41, 5.74) is 1.06. The fourth-order valence-corrected chi connectivity index (χ4v) is 12.4. The van der Waals surface area contributed by atoms with Crippen molar-refractivity contribution in [2.45, 2.75) is 64.5 Å². The van der Waals surface area contributed by atoms with Gasteiger partial charge >= 0.3 is 5.97 Å². The van der Waals surface area contributed by atoms with Crippen LogP contribution in [0, 0.1) is 11.8 Å². The van der Waals surface area contributed by atoms with E-state index in [2.05, 4.69) is 124 Å². The maximum absolute atomic E-state index is 13.1. The highest BCUT2D eigenvalue weighted by molar-refractivity contribution is 7.19. The fraction of sp³-hybridized carbons (Fsp3) is 0.300. The first-order chi connectivity index (χ1) is 22.1. The highest BCUT2D eigenvalue weighted by atomic mass is 32.1. The minimum absolute atomic E-state index is 0.0317. The van der Waals surface area contributed by atoms with Gasteiger partial charge in [-0.3, -0.25) is 9.59 Å². The standard InChI is InChI=1S/C40H44O4SSi/c1-29-27-35(41)34(22-13-5-6-14-24-39(42)43)33(29)25-26-36(38-28-30-17-15-16-23-37(30)45-38)44-46(40(2,3)4,31-18-9-7-10-19-31)32-20-11-8-12-21-32/h5,7-13,15-21,23,25-28,33-34,36H,6,14,22,24H2,1-4H3,(H,42,43)/t33-,34+,36+/m0/s1. The maximum Gasteiger partial charge on any atom is 0.303 e. The highest BCUT2D eigenvalue weighted by Gasteiger charge is 2.51. The van der Waals surface area contributed by atoms with E-state index in [0.717, 1.165) is 10.5 Å². The van der Waals surface area contributed by atoms with Crippen LogP contribution in [0.2, 0.25) is 5.04 Å². The van der Waals surface area contributed by atoms with Crippen LogP contribution >= 0.6 is 11.3 Å². The summed E-state index contributed by atoms with van der Waals surface area (Å²) in [6, 6.07) is 32.2. The Kier molecular flexibility index (Phi) is 10.7. The van der Waals surface area contributed by atoms with Gasteiger partial charge in [0.25, 0.3) is 8.32 Å². The summed E-state index contributed by atoms with van der Waals surface area (Å²) in [4.78, 5) is 25.1. The molecule has 0 amide bonds. The average molecular weight is 649 g/mol. The predicted octanol–water partition coefficient (Wildman–Crippen LogP) is 9.04. The van der Waals surface area contributed by atoms with Crippen molar-refractivity contribution in [3.8, 4) is 0 Å². The number of allylic oxidation sites excluding steroid dienone is 5. The average Bonchev–Trinajstić information content (AvgIpc) is 3.58. The molecule has 1 aliphatic carbocycles. The van der Waals surface area contributed by atoms with E-state index in [4.69, 9.17) is 9.53 Å². The molecular weight excluding hydrogens is 605 g/mol. The number of carboxylic acids is 1. The first-order valence-electron chi connectivity index (χ1n) is 16.1. The molecule has 3 aromatic carbocycles. The number of ketones is 1. The molecule has 46 heavy (non-hydrogen) atoms. The number of carbonyl (C=O) groups is 2. The second kappa shape index (κ2) is 14.7. The molecule has 6 heteroatoms. The molecule has 0 unspecified atom stereocenters. The van der Waals surface area contributed by atoms with E-state index in [9.17, 15) is 9.59 Å². The number of carboxylic acid groups (broad SMARTS) is 1. The Morgan fingerprint density at radius 1 is 0.957 bits per heavy atom. The number of hydrogen-bond donors (Lipinski definition) is 1. The Labute approximate surface area is 278 Å². The molecule has 1 aromatic heterocycles. The summed E-state index contributed by atoms with van der Waals surface area (Å²) >= 11 is 1.77. The summed E-state index contributed by atoms with van der Waals surface area (Å²) in [5, 5.41) is 12.4. The molecule has 0 radical (unpaired) electrons. The Balaban J connectivity index is 1.55. The number of carbonyl (C=O) groups excluding carboxylic acids is 1. The van der Waals surface area contributed by atoms with E-state index in [1.807, 2.05) is 19.1 Å². The van der Waals surface area contributed by atoms with Gasteiger partial charge in [0.05, 0.1) is 6.10 Å². The number of aliphatic carboxylic acids is 1. The van der Waals surface area contributed by atoms with Crippen LogP contribution in [-0.4, -0.2) is 25.2 Å². The quantitative estimate of drug-likeness (QED) is 0.0893. The van der Waals surface area contributed by atoms with Gasteiger partial charge in [0.2, 0.25) is 0 Å². The maximum atomic E-state index is 13.1. The number of rotatable bonds is 13. The molecule has 3 atom stereocenters. The molecule has 1 N–H and O–H groups in total. The van der Waals surface area contributed by atoms with Crippen LogP contribution in [0.1, 0.15) is 64.4 Å².